The predicted molar refractivity (Wildman–Crippen MR) is 60.0 cm³/mol. The van der Waals surface area contributed by atoms with Gasteiger partial charge in [0.25, 0.3) is 5.60 Å². The summed E-state index contributed by atoms with van der Waals surface area (Å²) in [6, 6.07) is 0. The summed E-state index contributed by atoms with van der Waals surface area (Å²) in [6.45, 7) is 4.00. The van der Waals surface area contributed by atoms with Gasteiger partial charge in [-0.05, 0) is 53.3 Å². The second-order valence-corrected chi connectivity index (χ2v) is 7.65. The van der Waals surface area contributed by atoms with Gasteiger partial charge in [-0.2, -0.15) is 26.3 Å². The highest BCUT2D eigenvalue weighted by molar-refractivity contribution is 5.54. The molecule has 5 saturated carbocycles. The van der Waals surface area contributed by atoms with E-state index in [0.29, 0.717) is 12.3 Å². The van der Waals surface area contributed by atoms with Crippen LogP contribution in [0.5, 0.6) is 0 Å². The van der Waals surface area contributed by atoms with Gasteiger partial charge < -0.3 is 5.11 Å². The molecular weight excluding hydrogens is 298 g/mol. The Labute approximate surface area is 117 Å². The lowest BCUT2D eigenvalue weighted by Crippen LogP contribution is -2.78. The number of alkyl halides is 6. The molecule has 5 aliphatic carbocycles. The monoisotopic (exact) mass is 314 g/mol. The standard InChI is InChI=1S/C14H16F6O/c1-6-9-3-8(12(9)7(2)10(6,12)5-9)4-11(21,13(15,16)17)14(18,19)20/h6-8,21H,3-5H2,1-2H3. The fraction of sp³-hybridized carbons (Fsp3) is 1.00. The van der Waals surface area contributed by atoms with Crippen molar-refractivity contribution in [1.29, 1.82) is 0 Å². The Bertz CT molecular complexity index is 513. The van der Waals surface area contributed by atoms with Gasteiger partial charge in [0, 0.05) is 0 Å². The average Bonchev–Trinajstić information content (AvgIpc) is 2.82. The van der Waals surface area contributed by atoms with Gasteiger partial charge in [-0.3, -0.25) is 0 Å². The number of hydrogen-bond acceptors (Lipinski definition) is 1. The molecule has 0 amide bonds. The second-order valence-electron chi connectivity index (χ2n) is 7.65. The fourth-order valence-electron chi connectivity index (χ4n) is 7.24. The zero-order chi connectivity index (χ0) is 15.9. The molecule has 0 aromatic heterocycles. The maximum absolute atomic E-state index is 12.8. The highest BCUT2D eigenvalue weighted by Gasteiger charge is 3.08. The second kappa shape index (κ2) is 2.97. The molecule has 6 unspecified atom stereocenters. The molecule has 0 aromatic carbocycles. The molecule has 7 heteroatoms. The lowest BCUT2D eigenvalue weighted by Gasteiger charge is -2.83. The zero-order valence-electron chi connectivity index (χ0n) is 11.6. The van der Waals surface area contributed by atoms with Gasteiger partial charge in [0.2, 0.25) is 0 Å². The van der Waals surface area contributed by atoms with Crippen molar-refractivity contribution in [2.45, 2.75) is 51.1 Å². The number of rotatable bonds is 2. The molecule has 6 atom stereocenters. The Kier molecular flexibility index (Phi) is 2.00. The van der Waals surface area contributed by atoms with Gasteiger partial charge >= 0.3 is 12.4 Å². The first-order chi connectivity index (χ1) is 9.33. The molecule has 120 valence electrons. The van der Waals surface area contributed by atoms with Crippen LogP contribution in [0.15, 0.2) is 0 Å². The maximum atomic E-state index is 12.8. The SMILES string of the molecule is CC1C23CC(CC(O)(C(F)(F)F)C(F)(F)F)C24C(C)C14C3. The van der Waals surface area contributed by atoms with Gasteiger partial charge in [0.15, 0.2) is 0 Å². The fourth-order valence-corrected chi connectivity index (χ4v) is 7.24. The molecule has 0 aliphatic heterocycles. The van der Waals surface area contributed by atoms with Crippen molar-refractivity contribution in [3.8, 4) is 0 Å². The molecule has 5 fully saturated rings. The van der Waals surface area contributed by atoms with Crippen molar-refractivity contribution >= 4 is 0 Å². The normalized spacial score (nSPS) is 53.9. The first-order valence-electron chi connectivity index (χ1n) is 7.19. The summed E-state index contributed by atoms with van der Waals surface area (Å²) < 4.78 is 76.9. The van der Waals surface area contributed by atoms with Crippen LogP contribution in [0.3, 0.4) is 0 Å². The van der Waals surface area contributed by atoms with E-state index in [4.69, 9.17) is 0 Å². The summed E-state index contributed by atoms with van der Waals surface area (Å²) in [5.41, 5.74) is -4.94. The van der Waals surface area contributed by atoms with Gasteiger partial charge in [-0.1, -0.05) is 13.8 Å². The summed E-state index contributed by atoms with van der Waals surface area (Å²) in [7, 11) is 0. The van der Waals surface area contributed by atoms with E-state index in [-0.39, 0.29) is 22.2 Å². The van der Waals surface area contributed by atoms with Crippen molar-refractivity contribution < 1.29 is 31.4 Å². The van der Waals surface area contributed by atoms with Crippen LogP contribution >= 0.6 is 0 Å². The van der Waals surface area contributed by atoms with E-state index in [9.17, 15) is 31.4 Å². The third-order valence-corrected chi connectivity index (χ3v) is 7.91. The van der Waals surface area contributed by atoms with Crippen molar-refractivity contribution in [2.75, 3.05) is 0 Å². The lowest BCUT2D eigenvalue weighted by atomic mass is 9.21. The van der Waals surface area contributed by atoms with E-state index in [1.165, 1.54) is 0 Å². The average molecular weight is 314 g/mol. The van der Waals surface area contributed by atoms with Gasteiger partial charge in [0.05, 0.1) is 0 Å². The molecule has 2 bridgehead atoms. The lowest BCUT2D eigenvalue weighted by molar-refractivity contribution is -0.401. The van der Waals surface area contributed by atoms with E-state index in [1.54, 1.807) is 0 Å². The van der Waals surface area contributed by atoms with E-state index in [1.807, 2.05) is 6.92 Å². The Balaban J connectivity index is 1.61. The first-order valence-corrected chi connectivity index (χ1v) is 7.19. The first kappa shape index (κ1) is 14.2. The van der Waals surface area contributed by atoms with E-state index in [0.717, 1.165) is 6.42 Å². The van der Waals surface area contributed by atoms with Crippen LogP contribution in [0.25, 0.3) is 0 Å². The van der Waals surface area contributed by atoms with Gasteiger partial charge in [0.1, 0.15) is 0 Å². The molecule has 0 radical (unpaired) electrons. The van der Waals surface area contributed by atoms with E-state index >= 15 is 0 Å². The molecule has 5 aliphatic rings. The Morgan fingerprint density at radius 3 is 1.86 bits per heavy atom. The van der Waals surface area contributed by atoms with Crippen LogP contribution < -0.4 is 0 Å². The summed E-state index contributed by atoms with van der Waals surface area (Å²) in [5.74, 6) is -0.0451. The number of aliphatic hydroxyl groups is 1. The third-order valence-electron chi connectivity index (χ3n) is 7.91. The van der Waals surface area contributed by atoms with Gasteiger partial charge in [-0.25, -0.2) is 0 Å². The Morgan fingerprint density at radius 1 is 1.00 bits per heavy atom. The van der Waals surface area contributed by atoms with Crippen molar-refractivity contribution in [3.05, 3.63) is 0 Å². The molecule has 5 rings (SSSR count). The van der Waals surface area contributed by atoms with Crippen LogP contribution in [0, 0.1) is 34.0 Å². The quantitative estimate of drug-likeness (QED) is 0.766. The van der Waals surface area contributed by atoms with E-state index in [2.05, 4.69) is 6.92 Å². The minimum Gasteiger partial charge on any atom is -0.374 e. The minimum absolute atomic E-state index is 0.0187. The largest absolute Gasteiger partial charge is 0.426 e. The highest BCUT2D eigenvalue weighted by Crippen LogP contribution is 3.12. The predicted octanol–water partition coefficient (Wildman–Crippen LogP) is 3.91. The van der Waals surface area contributed by atoms with Crippen molar-refractivity contribution in [2.24, 2.45) is 34.0 Å². The van der Waals surface area contributed by atoms with Crippen molar-refractivity contribution in [1.82, 2.24) is 0 Å². The highest BCUT2D eigenvalue weighted by atomic mass is 19.4. The Morgan fingerprint density at radius 2 is 1.52 bits per heavy atom. The molecular formula is C14H16F6O. The number of hydrogen-bond donors (Lipinski definition) is 1. The van der Waals surface area contributed by atoms with Crippen molar-refractivity contribution in [3.63, 3.8) is 0 Å². The summed E-state index contributed by atoms with van der Waals surface area (Å²) in [4.78, 5) is 0. The Hall–Kier alpha value is -0.460. The third kappa shape index (κ3) is 0.950. The van der Waals surface area contributed by atoms with Crippen LogP contribution in [-0.4, -0.2) is 23.1 Å². The zero-order valence-corrected chi connectivity index (χ0v) is 11.6. The summed E-state index contributed by atoms with van der Waals surface area (Å²) >= 11 is 0. The summed E-state index contributed by atoms with van der Waals surface area (Å²) in [5, 5.41) is 9.38. The maximum Gasteiger partial charge on any atom is 0.426 e. The summed E-state index contributed by atoms with van der Waals surface area (Å²) in [6.07, 6.45) is -11.3. The van der Waals surface area contributed by atoms with Gasteiger partial charge in [-0.15, -0.1) is 0 Å². The minimum atomic E-state index is -5.69. The molecule has 1 nitrogen and oxygen atoms in total. The van der Waals surface area contributed by atoms with Crippen LogP contribution in [0.2, 0.25) is 0 Å². The van der Waals surface area contributed by atoms with Crippen LogP contribution in [-0.2, 0) is 0 Å². The molecule has 21 heavy (non-hydrogen) atoms. The number of halogens is 6. The topological polar surface area (TPSA) is 20.2 Å². The van der Waals surface area contributed by atoms with E-state index < -0.39 is 30.3 Å². The van der Waals surface area contributed by atoms with Crippen LogP contribution in [0.4, 0.5) is 26.3 Å². The molecule has 0 aromatic rings. The molecule has 3 spiro atoms. The molecule has 0 saturated heterocycles. The molecule has 1 N–H and O–H groups in total. The molecule has 0 heterocycles. The van der Waals surface area contributed by atoms with Crippen LogP contribution in [0.1, 0.15) is 33.1 Å². The smallest absolute Gasteiger partial charge is 0.374 e.